The SMILES string of the molecule is CCCCCN(CCC(=O)c1cccc(Br)c1)C(C)C. The zero-order valence-corrected chi connectivity index (χ0v) is 14.4. The predicted octanol–water partition coefficient (Wildman–Crippen LogP) is 4.92. The molecule has 2 nitrogen and oxygen atoms in total. The van der Waals surface area contributed by atoms with Gasteiger partial charge in [-0.25, -0.2) is 0 Å². The third-order valence-corrected chi connectivity index (χ3v) is 4.05. The summed E-state index contributed by atoms with van der Waals surface area (Å²) in [4.78, 5) is 14.6. The van der Waals surface area contributed by atoms with Crippen LogP contribution in [0.15, 0.2) is 28.7 Å². The molecule has 0 unspecified atom stereocenters. The van der Waals surface area contributed by atoms with Gasteiger partial charge in [0.2, 0.25) is 0 Å². The third kappa shape index (κ3) is 6.19. The molecule has 1 aromatic carbocycles. The highest BCUT2D eigenvalue weighted by Gasteiger charge is 2.12. The van der Waals surface area contributed by atoms with Gasteiger partial charge < -0.3 is 4.90 Å². The number of Topliss-reactive ketones (excluding diaryl/α,β-unsaturated/α-hetero) is 1. The molecule has 0 amide bonds. The Morgan fingerprint density at radius 2 is 2.00 bits per heavy atom. The lowest BCUT2D eigenvalue weighted by atomic mass is 10.1. The van der Waals surface area contributed by atoms with Crippen molar-refractivity contribution in [3.63, 3.8) is 0 Å². The van der Waals surface area contributed by atoms with Gasteiger partial charge in [0.1, 0.15) is 0 Å². The summed E-state index contributed by atoms with van der Waals surface area (Å²) in [5, 5.41) is 0. The lowest BCUT2D eigenvalue weighted by Crippen LogP contribution is -2.33. The highest BCUT2D eigenvalue weighted by atomic mass is 79.9. The number of rotatable bonds is 9. The van der Waals surface area contributed by atoms with Crippen molar-refractivity contribution in [3.05, 3.63) is 34.3 Å². The highest BCUT2D eigenvalue weighted by molar-refractivity contribution is 9.10. The molecule has 0 heterocycles. The zero-order chi connectivity index (χ0) is 15.0. The van der Waals surface area contributed by atoms with Gasteiger partial charge in [0.15, 0.2) is 5.78 Å². The molecule has 1 aromatic rings. The molecule has 1 rings (SSSR count). The van der Waals surface area contributed by atoms with Crippen LogP contribution in [-0.2, 0) is 0 Å². The molecule has 20 heavy (non-hydrogen) atoms. The maximum atomic E-state index is 12.2. The van der Waals surface area contributed by atoms with Crippen LogP contribution in [0.2, 0.25) is 0 Å². The fourth-order valence-electron chi connectivity index (χ4n) is 2.24. The first-order valence-corrected chi connectivity index (χ1v) is 8.36. The molecule has 0 bridgehead atoms. The van der Waals surface area contributed by atoms with Crippen molar-refractivity contribution in [3.8, 4) is 0 Å². The normalized spacial score (nSPS) is 11.3. The summed E-state index contributed by atoms with van der Waals surface area (Å²) in [5.41, 5.74) is 0.802. The summed E-state index contributed by atoms with van der Waals surface area (Å²) in [7, 11) is 0. The van der Waals surface area contributed by atoms with Gasteiger partial charge >= 0.3 is 0 Å². The highest BCUT2D eigenvalue weighted by Crippen LogP contribution is 2.14. The van der Waals surface area contributed by atoms with Crippen molar-refractivity contribution in [1.29, 1.82) is 0 Å². The Balaban J connectivity index is 2.48. The molecule has 0 atom stereocenters. The number of carbonyl (C=O) groups excluding carboxylic acids is 1. The number of unbranched alkanes of at least 4 members (excludes halogenated alkanes) is 2. The van der Waals surface area contributed by atoms with E-state index in [-0.39, 0.29) is 5.78 Å². The summed E-state index contributed by atoms with van der Waals surface area (Å²) in [6.07, 6.45) is 4.33. The number of hydrogen-bond acceptors (Lipinski definition) is 2. The van der Waals surface area contributed by atoms with Crippen LogP contribution in [0.4, 0.5) is 0 Å². The van der Waals surface area contributed by atoms with Crippen LogP contribution >= 0.6 is 15.9 Å². The van der Waals surface area contributed by atoms with E-state index in [1.165, 1.54) is 19.3 Å². The fourth-order valence-corrected chi connectivity index (χ4v) is 2.64. The number of benzene rings is 1. The first kappa shape index (κ1) is 17.4. The van der Waals surface area contributed by atoms with E-state index in [9.17, 15) is 4.79 Å². The largest absolute Gasteiger partial charge is 0.300 e. The van der Waals surface area contributed by atoms with Crippen LogP contribution in [0.3, 0.4) is 0 Å². The molecular formula is C17H26BrNO. The second-order valence-corrected chi connectivity index (χ2v) is 6.44. The monoisotopic (exact) mass is 339 g/mol. The zero-order valence-electron chi connectivity index (χ0n) is 12.9. The number of ketones is 1. The van der Waals surface area contributed by atoms with Crippen molar-refractivity contribution in [2.45, 2.75) is 52.5 Å². The van der Waals surface area contributed by atoms with Crippen LogP contribution in [0, 0.1) is 0 Å². The van der Waals surface area contributed by atoms with E-state index in [0.29, 0.717) is 12.5 Å². The molecule has 0 fully saturated rings. The van der Waals surface area contributed by atoms with Crippen molar-refractivity contribution in [2.75, 3.05) is 13.1 Å². The lowest BCUT2D eigenvalue weighted by molar-refractivity contribution is 0.0955. The second kappa shape index (κ2) is 9.30. The fraction of sp³-hybridized carbons (Fsp3) is 0.588. The molecule has 0 spiro atoms. The van der Waals surface area contributed by atoms with Gasteiger partial charge in [0, 0.05) is 29.0 Å². The summed E-state index contributed by atoms with van der Waals surface area (Å²) in [5.74, 6) is 0.229. The van der Waals surface area contributed by atoms with Gasteiger partial charge in [0.05, 0.1) is 0 Å². The number of carbonyl (C=O) groups is 1. The van der Waals surface area contributed by atoms with Crippen molar-refractivity contribution in [2.24, 2.45) is 0 Å². The molecule has 0 aliphatic heterocycles. The Morgan fingerprint density at radius 1 is 1.25 bits per heavy atom. The first-order chi connectivity index (χ1) is 9.54. The van der Waals surface area contributed by atoms with Gasteiger partial charge in [-0.05, 0) is 38.9 Å². The van der Waals surface area contributed by atoms with Crippen LogP contribution in [-0.4, -0.2) is 29.8 Å². The maximum absolute atomic E-state index is 12.2. The minimum atomic E-state index is 0.229. The Hall–Kier alpha value is -0.670. The molecule has 0 aliphatic carbocycles. The van der Waals surface area contributed by atoms with E-state index in [2.05, 4.69) is 41.6 Å². The Labute approximate surface area is 131 Å². The van der Waals surface area contributed by atoms with Crippen molar-refractivity contribution >= 4 is 21.7 Å². The molecule has 112 valence electrons. The molecule has 0 saturated carbocycles. The van der Waals surface area contributed by atoms with Crippen molar-refractivity contribution < 1.29 is 4.79 Å². The van der Waals surface area contributed by atoms with E-state index in [4.69, 9.17) is 0 Å². The van der Waals surface area contributed by atoms with Crippen molar-refractivity contribution in [1.82, 2.24) is 4.90 Å². The molecule has 0 radical (unpaired) electrons. The third-order valence-electron chi connectivity index (χ3n) is 3.55. The molecule has 0 N–H and O–H groups in total. The molecular weight excluding hydrogens is 314 g/mol. The second-order valence-electron chi connectivity index (χ2n) is 5.52. The van der Waals surface area contributed by atoms with Crippen LogP contribution in [0.1, 0.15) is 56.8 Å². The average molecular weight is 340 g/mol. The Morgan fingerprint density at radius 3 is 2.60 bits per heavy atom. The van der Waals surface area contributed by atoms with Crippen LogP contribution < -0.4 is 0 Å². The van der Waals surface area contributed by atoms with Gasteiger partial charge in [0.25, 0.3) is 0 Å². The summed E-state index contributed by atoms with van der Waals surface area (Å²) in [6, 6.07) is 8.16. The molecule has 0 aromatic heterocycles. The standard InChI is InChI=1S/C17H26BrNO/c1-4-5-6-11-19(14(2)3)12-10-17(20)15-8-7-9-16(18)13-15/h7-9,13-14H,4-6,10-12H2,1-3H3. The van der Waals surface area contributed by atoms with E-state index in [0.717, 1.165) is 23.1 Å². The van der Waals surface area contributed by atoms with Gasteiger partial charge in [-0.15, -0.1) is 0 Å². The van der Waals surface area contributed by atoms with Crippen LogP contribution in [0.5, 0.6) is 0 Å². The number of halogens is 1. The summed E-state index contributed by atoms with van der Waals surface area (Å²) < 4.78 is 0.965. The molecule has 0 saturated heterocycles. The quantitative estimate of drug-likeness (QED) is 0.470. The Kier molecular flexibility index (Phi) is 8.08. The molecule has 0 aliphatic rings. The molecule has 3 heteroatoms. The van der Waals surface area contributed by atoms with E-state index in [1.807, 2.05) is 24.3 Å². The lowest BCUT2D eigenvalue weighted by Gasteiger charge is -2.26. The van der Waals surface area contributed by atoms with Gasteiger partial charge in [-0.1, -0.05) is 47.8 Å². The predicted molar refractivity (Wildman–Crippen MR) is 89.3 cm³/mol. The maximum Gasteiger partial charge on any atom is 0.164 e. The van der Waals surface area contributed by atoms with E-state index in [1.54, 1.807) is 0 Å². The van der Waals surface area contributed by atoms with Crippen LogP contribution in [0.25, 0.3) is 0 Å². The number of hydrogen-bond donors (Lipinski definition) is 0. The van der Waals surface area contributed by atoms with E-state index >= 15 is 0 Å². The summed E-state index contributed by atoms with van der Waals surface area (Å²) >= 11 is 3.41. The smallest absolute Gasteiger partial charge is 0.164 e. The van der Waals surface area contributed by atoms with Gasteiger partial charge in [-0.3, -0.25) is 4.79 Å². The summed E-state index contributed by atoms with van der Waals surface area (Å²) in [6.45, 7) is 8.57. The minimum absolute atomic E-state index is 0.229. The first-order valence-electron chi connectivity index (χ1n) is 7.57. The van der Waals surface area contributed by atoms with Gasteiger partial charge in [-0.2, -0.15) is 0 Å². The average Bonchev–Trinajstić information content (AvgIpc) is 2.42. The minimum Gasteiger partial charge on any atom is -0.300 e. The number of nitrogens with zero attached hydrogens (tertiary/aromatic N) is 1. The Bertz CT molecular complexity index is 417. The van der Waals surface area contributed by atoms with E-state index < -0.39 is 0 Å². The topological polar surface area (TPSA) is 20.3 Å².